The largest absolute Gasteiger partial charge is 0.354 e. The van der Waals surface area contributed by atoms with Gasteiger partial charge >= 0.3 is 0 Å². The molecule has 1 fully saturated rings. The van der Waals surface area contributed by atoms with Crippen molar-refractivity contribution >= 4 is 28.9 Å². The molecule has 25 heavy (non-hydrogen) atoms. The highest BCUT2D eigenvalue weighted by atomic mass is 35.5. The van der Waals surface area contributed by atoms with Crippen molar-refractivity contribution in [3.05, 3.63) is 95.5 Å². The van der Waals surface area contributed by atoms with Gasteiger partial charge in [-0.2, -0.15) is 0 Å². The summed E-state index contributed by atoms with van der Waals surface area (Å²) >= 11 is 5.93. The zero-order chi connectivity index (χ0) is 17.2. The average molecular weight is 350 g/mol. The molecular weight excluding hydrogens is 334 g/mol. The minimum absolute atomic E-state index is 0.0719. The number of carbonyl (C=O) groups excluding carboxylic acids is 1. The van der Waals surface area contributed by atoms with Crippen LogP contribution >= 0.6 is 11.6 Å². The van der Waals surface area contributed by atoms with Gasteiger partial charge in [-0.3, -0.25) is 9.69 Å². The summed E-state index contributed by atoms with van der Waals surface area (Å²) in [4.78, 5) is 14.8. The smallest absolute Gasteiger partial charge is 0.263 e. The minimum atomic E-state index is -0.485. The molecular formula is C21H16ClNO2. The van der Waals surface area contributed by atoms with Crippen LogP contribution in [0.2, 0.25) is 5.02 Å². The lowest BCUT2D eigenvalue weighted by Gasteiger charge is -2.22. The number of halogens is 1. The molecule has 0 aliphatic carbocycles. The van der Waals surface area contributed by atoms with Gasteiger partial charge in [-0.15, -0.1) is 0 Å². The van der Waals surface area contributed by atoms with E-state index < -0.39 is 6.10 Å². The van der Waals surface area contributed by atoms with E-state index in [1.165, 1.54) is 0 Å². The summed E-state index contributed by atoms with van der Waals surface area (Å²) in [6.07, 6.45) is -0.707. The summed E-state index contributed by atoms with van der Waals surface area (Å²) in [6, 6.07) is 26.6. The summed E-state index contributed by atoms with van der Waals surface area (Å²) in [5, 5.41) is 0.669. The fourth-order valence-electron chi connectivity index (χ4n) is 2.89. The molecule has 0 aromatic heterocycles. The summed E-state index contributed by atoms with van der Waals surface area (Å²) in [7, 11) is 0. The predicted octanol–water partition coefficient (Wildman–Crippen LogP) is 5.14. The SMILES string of the molecule is O=C([C@H]1O[C@@H]1c1ccc(Cl)cc1)N(c1ccccc1)c1ccccc1. The van der Waals surface area contributed by atoms with Crippen LogP contribution in [0, 0.1) is 0 Å². The molecule has 3 nitrogen and oxygen atoms in total. The molecule has 1 amide bonds. The first kappa shape index (κ1) is 15.9. The van der Waals surface area contributed by atoms with Crippen molar-refractivity contribution in [3.63, 3.8) is 0 Å². The molecule has 0 N–H and O–H groups in total. The van der Waals surface area contributed by atoms with Crippen molar-refractivity contribution in [1.82, 2.24) is 0 Å². The van der Waals surface area contributed by atoms with Gasteiger partial charge in [-0.25, -0.2) is 0 Å². The van der Waals surface area contributed by atoms with E-state index in [9.17, 15) is 4.79 Å². The fraction of sp³-hybridized carbons (Fsp3) is 0.0952. The molecule has 3 aromatic rings. The molecule has 0 radical (unpaired) electrons. The topological polar surface area (TPSA) is 32.8 Å². The number of ether oxygens (including phenoxy) is 1. The Balaban J connectivity index is 1.62. The van der Waals surface area contributed by atoms with Gasteiger partial charge in [0.2, 0.25) is 0 Å². The lowest BCUT2D eigenvalue weighted by atomic mass is 10.1. The molecule has 124 valence electrons. The van der Waals surface area contributed by atoms with E-state index in [4.69, 9.17) is 16.3 Å². The van der Waals surface area contributed by atoms with Crippen molar-refractivity contribution in [2.75, 3.05) is 4.90 Å². The Hall–Kier alpha value is -2.62. The molecule has 4 heteroatoms. The third kappa shape index (κ3) is 3.29. The molecule has 0 spiro atoms. The Bertz CT molecular complexity index is 826. The van der Waals surface area contributed by atoms with E-state index in [0.29, 0.717) is 5.02 Å². The van der Waals surface area contributed by atoms with Gasteiger partial charge < -0.3 is 4.74 Å². The van der Waals surface area contributed by atoms with Crippen LogP contribution in [0.25, 0.3) is 0 Å². The van der Waals surface area contributed by atoms with Crippen LogP contribution in [0.5, 0.6) is 0 Å². The summed E-state index contributed by atoms with van der Waals surface area (Å²) < 4.78 is 5.69. The number of hydrogen-bond acceptors (Lipinski definition) is 2. The van der Waals surface area contributed by atoms with E-state index in [1.807, 2.05) is 84.9 Å². The minimum Gasteiger partial charge on any atom is -0.354 e. The second-order valence-electron chi connectivity index (χ2n) is 5.87. The Morgan fingerprint density at radius 1 is 0.800 bits per heavy atom. The predicted molar refractivity (Wildman–Crippen MR) is 99.1 cm³/mol. The summed E-state index contributed by atoms with van der Waals surface area (Å²) in [5.41, 5.74) is 2.61. The van der Waals surface area contributed by atoms with E-state index in [1.54, 1.807) is 4.90 Å². The molecule has 1 aliphatic rings. The maximum absolute atomic E-state index is 13.1. The zero-order valence-corrected chi connectivity index (χ0v) is 14.1. The van der Waals surface area contributed by atoms with Gasteiger partial charge in [0.05, 0.1) is 0 Å². The highest BCUT2D eigenvalue weighted by molar-refractivity contribution is 6.30. The number of anilines is 2. The van der Waals surface area contributed by atoms with Crippen molar-refractivity contribution in [2.45, 2.75) is 12.2 Å². The van der Waals surface area contributed by atoms with E-state index >= 15 is 0 Å². The van der Waals surface area contributed by atoms with Gasteiger partial charge in [0.15, 0.2) is 6.10 Å². The Kier molecular flexibility index (Phi) is 4.26. The number of nitrogens with zero attached hydrogens (tertiary/aromatic N) is 1. The third-order valence-corrected chi connectivity index (χ3v) is 4.43. The number of amides is 1. The molecule has 1 heterocycles. The molecule has 0 unspecified atom stereocenters. The Morgan fingerprint density at radius 2 is 1.32 bits per heavy atom. The van der Waals surface area contributed by atoms with Crippen LogP contribution in [0.3, 0.4) is 0 Å². The van der Waals surface area contributed by atoms with Crippen molar-refractivity contribution in [1.29, 1.82) is 0 Å². The van der Waals surface area contributed by atoms with E-state index in [2.05, 4.69) is 0 Å². The van der Waals surface area contributed by atoms with Crippen LogP contribution in [-0.4, -0.2) is 12.0 Å². The number of benzene rings is 3. The van der Waals surface area contributed by atoms with E-state index in [0.717, 1.165) is 16.9 Å². The fourth-order valence-corrected chi connectivity index (χ4v) is 3.02. The lowest BCUT2D eigenvalue weighted by molar-refractivity contribution is -0.119. The summed E-state index contributed by atoms with van der Waals surface area (Å²) in [6.45, 7) is 0. The highest BCUT2D eigenvalue weighted by Crippen LogP contribution is 2.42. The number of para-hydroxylation sites is 2. The van der Waals surface area contributed by atoms with Crippen LogP contribution in [0.1, 0.15) is 11.7 Å². The first-order valence-corrected chi connectivity index (χ1v) is 8.47. The summed E-state index contributed by atoms with van der Waals surface area (Å²) in [5.74, 6) is -0.0719. The number of rotatable bonds is 4. The molecule has 3 aromatic carbocycles. The molecule has 1 saturated heterocycles. The second-order valence-corrected chi connectivity index (χ2v) is 6.31. The van der Waals surface area contributed by atoms with E-state index in [-0.39, 0.29) is 12.0 Å². The van der Waals surface area contributed by atoms with Gasteiger partial charge in [0.25, 0.3) is 5.91 Å². The number of carbonyl (C=O) groups is 1. The highest BCUT2D eigenvalue weighted by Gasteiger charge is 2.48. The van der Waals surface area contributed by atoms with Gasteiger partial charge in [0, 0.05) is 16.4 Å². The lowest BCUT2D eigenvalue weighted by Crippen LogP contribution is -2.30. The Labute approximate surface area is 151 Å². The van der Waals surface area contributed by atoms with Crippen molar-refractivity contribution < 1.29 is 9.53 Å². The van der Waals surface area contributed by atoms with Crippen molar-refractivity contribution in [3.8, 4) is 0 Å². The zero-order valence-electron chi connectivity index (χ0n) is 13.4. The van der Waals surface area contributed by atoms with Crippen LogP contribution in [-0.2, 0) is 9.53 Å². The quantitative estimate of drug-likeness (QED) is 0.610. The maximum atomic E-state index is 13.1. The molecule has 2 atom stereocenters. The average Bonchev–Trinajstić information content (AvgIpc) is 3.45. The van der Waals surface area contributed by atoms with Crippen LogP contribution < -0.4 is 4.90 Å². The molecule has 0 saturated carbocycles. The van der Waals surface area contributed by atoms with Crippen LogP contribution in [0.15, 0.2) is 84.9 Å². The monoisotopic (exact) mass is 349 g/mol. The maximum Gasteiger partial charge on any atom is 0.263 e. The number of hydrogen-bond donors (Lipinski definition) is 0. The molecule has 4 rings (SSSR count). The van der Waals surface area contributed by atoms with Crippen LogP contribution in [0.4, 0.5) is 11.4 Å². The normalized spacial score (nSPS) is 18.6. The Morgan fingerprint density at radius 3 is 1.84 bits per heavy atom. The second kappa shape index (κ2) is 6.71. The molecule has 0 bridgehead atoms. The van der Waals surface area contributed by atoms with Gasteiger partial charge in [0.1, 0.15) is 6.10 Å². The van der Waals surface area contributed by atoms with Crippen molar-refractivity contribution in [2.24, 2.45) is 0 Å². The third-order valence-electron chi connectivity index (χ3n) is 4.18. The first-order chi connectivity index (χ1) is 12.2. The van der Waals surface area contributed by atoms with Gasteiger partial charge in [-0.05, 0) is 42.0 Å². The standard InChI is InChI=1S/C21H16ClNO2/c22-16-13-11-15(12-14-16)19-20(25-19)21(24)23(17-7-3-1-4-8-17)18-9-5-2-6-10-18/h1-14,19-20H/t19-,20+/m1/s1. The number of epoxide rings is 1. The first-order valence-electron chi connectivity index (χ1n) is 8.09. The molecule has 1 aliphatic heterocycles. The van der Waals surface area contributed by atoms with Gasteiger partial charge in [-0.1, -0.05) is 60.1 Å².